The molecule has 1 unspecified atom stereocenters. The molecule has 1 aromatic carbocycles. The summed E-state index contributed by atoms with van der Waals surface area (Å²) >= 11 is 0. The van der Waals surface area contributed by atoms with Crippen molar-refractivity contribution < 1.29 is 8.42 Å². The standard InChI is InChI=1S/C15H21N3O2S/c1-17(2)21(19,20)18-9-5-6-13(18)10-12-11-16-15-8-4-3-7-14(12)15/h3-4,7-8,11,13,16H,5-6,9-10H2,1-2H3. The molecule has 0 spiro atoms. The molecule has 5 nitrogen and oxygen atoms in total. The van der Waals surface area contributed by atoms with Crippen molar-refractivity contribution >= 4 is 21.1 Å². The molecule has 1 N–H and O–H groups in total. The number of nitrogens with one attached hydrogen (secondary N) is 1. The van der Waals surface area contributed by atoms with Gasteiger partial charge in [-0.05, 0) is 30.9 Å². The molecule has 2 aromatic rings. The van der Waals surface area contributed by atoms with Gasteiger partial charge in [-0.15, -0.1) is 0 Å². The fourth-order valence-electron chi connectivity index (χ4n) is 3.08. The van der Waals surface area contributed by atoms with Crippen LogP contribution in [-0.4, -0.2) is 48.7 Å². The predicted octanol–water partition coefficient (Wildman–Crippen LogP) is 1.98. The van der Waals surface area contributed by atoms with Crippen LogP contribution in [0.5, 0.6) is 0 Å². The van der Waals surface area contributed by atoms with Crippen molar-refractivity contribution in [3.63, 3.8) is 0 Å². The third-order valence-corrected chi connectivity index (χ3v) is 6.21. The maximum absolute atomic E-state index is 12.4. The molecular formula is C15H21N3O2S. The molecule has 2 heterocycles. The van der Waals surface area contributed by atoms with Crippen molar-refractivity contribution in [2.24, 2.45) is 0 Å². The quantitative estimate of drug-likeness (QED) is 0.939. The van der Waals surface area contributed by atoms with Gasteiger partial charge < -0.3 is 4.98 Å². The predicted molar refractivity (Wildman–Crippen MR) is 84.3 cm³/mol. The highest BCUT2D eigenvalue weighted by molar-refractivity contribution is 7.86. The Morgan fingerprint density at radius 3 is 2.86 bits per heavy atom. The van der Waals surface area contributed by atoms with E-state index in [-0.39, 0.29) is 6.04 Å². The first-order valence-electron chi connectivity index (χ1n) is 7.24. The fourth-order valence-corrected chi connectivity index (χ4v) is 4.42. The molecule has 1 fully saturated rings. The lowest BCUT2D eigenvalue weighted by Gasteiger charge is -2.26. The lowest BCUT2D eigenvalue weighted by molar-refractivity contribution is 0.355. The molecular weight excluding hydrogens is 286 g/mol. The van der Waals surface area contributed by atoms with Crippen molar-refractivity contribution in [2.45, 2.75) is 25.3 Å². The van der Waals surface area contributed by atoms with E-state index in [4.69, 9.17) is 0 Å². The Balaban J connectivity index is 1.87. The van der Waals surface area contributed by atoms with Gasteiger partial charge in [0.05, 0.1) is 0 Å². The zero-order chi connectivity index (χ0) is 15.0. The highest BCUT2D eigenvalue weighted by Crippen LogP contribution is 2.28. The number of aromatic nitrogens is 1. The van der Waals surface area contributed by atoms with Crippen LogP contribution in [0.2, 0.25) is 0 Å². The van der Waals surface area contributed by atoms with Crippen LogP contribution in [0.3, 0.4) is 0 Å². The van der Waals surface area contributed by atoms with E-state index in [0.717, 1.165) is 24.8 Å². The van der Waals surface area contributed by atoms with E-state index >= 15 is 0 Å². The van der Waals surface area contributed by atoms with Gasteiger partial charge in [-0.2, -0.15) is 17.0 Å². The average Bonchev–Trinajstić information content (AvgIpc) is 3.07. The van der Waals surface area contributed by atoms with E-state index in [1.165, 1.54) is 15.3 Å². The second kappa shape index (κ2) is 5.44. The van der Waals surface area contributed by atoms with Gasteiger partial charge in [0.15, 0.2) is 0 Å². The third kappa shape index (κ3) is 2.59. The molecule has 6 heteroatoms. The molecule has 0 amide bonds. The molecule has 1 aliphatic rings. The summed E-state index contributed by atoms with van der Waals surface area (Å²) in [6.07, 6.45) is 4.62. The highest BCUT2D eigenvalue weighted by Gasteiger charge is 2.35. The number of H-pyrrole nitrogens is 1. The molecule has 1 atom stereocenters. The number of rotatable bonds is 4. The smallest absolute Gasteiger partial charge is 0.281 e. The number of benzene rings is 1. The number of fused-ring (bicyclic) bond motifs is 1. The van der Waals surface area contributed by atoms with Crippen LogP contribution in [0.25, 0.3) is 10.9 Å². The van der Waals surface area contributed by atoms with Gasteiger partial charge in [-0.3, -0.25) is 0 Å². The zero-order valence-electron chi connectivity index (χ0n) is 12.4. The van der Waals surface area contributed by atoms with Crippen LogP contribution >= 0.6 is 0 Å². The minimum atomic E-state index is -3.33. The largest absolute Gasteiger partial charge is 0.361 e. The van der Waals surface area contributed by atoms with Crippen LogP contribution in [0.1, 0.15) is 18.4 Å². The molecule has 3 rings (SSSR count). The highest BCUT2D eigenvalue weighted by atomic mass is 32.2. The summed E-state index contributed by atoms with van der Waals surface area (Å²) in [6.45, 7) is 0.619. The molecule has 114 valence electrons. The number of para-hydroxylation sites is 1. The second-order valence-corrected chi connectivity index (χ2v) is 7.86. The van der Waals surface area contributed by atoms with Crippen LogP contribution in [0, 0.1) is 0 Å². The van der Waals surface area contributed by atoms with Gasteiger partial charge in [0.2, 0.25) is 0 Å². The second-order valence-electron chi connectivity index (χ2n) is 5.76. The van der Waals surface area contributed by atoms with Crippen LogP contribution in [0.4, 0.5) is 0 Å². The maximum Gasteiger partial charge on any atom is 0.281 e. The monoisotopic (exact) mass is 307 g/mol. The molecule has 21 heavy (non-hydrogen) atoms. The van der Waals surface area contributed by atoms with Gasteiger partial charge in [-0.25, -0.2) is 0 Å². The molecule has 0 saturated carbocycles. The van der Waals surface area contributed by atoms with Gasteiger partial charge >= 0.3 is 0 Å². The zero-order valence-corrected chi connectivity index (χ0v) is 13.2. The SMILES string of the molecule is CN(C)S(=O)(=O)N1CCCC1Cc1c[nH]c2ccccc12. The Hall–Kier alpha value is -1.37. The van der Waals surface area contributed by atoms with Crippen molar-refractivity contribution in [2.75, 3.05) is 20.6 Å². The number of hydrogen-bond acceptors (Lipinski definition) is 2. The van der Waals surface area contributed by atoms with E-state index in [9.17, 15) is 8.42 Å². The van der Waals surface area contributed by atoms with Crippen molar-refractivity contribution in [1.82, 2.24) is 13.6 Å². The first kappa shape index (κ1) is 14.6. The Morgan fingerprint density at radius 1 is 1.33 bits per heavy atom. The summed E-state index contributed by atoms with van der Waals surface area (Å²) in [5, 5.41) is 1.19. The number of nitrogens with zero attached hydrogens (tertiary/aromatic N) is 2. The van der Waals surface area contributed by atoms with Crippen LogP contribution < -0.4 is 0 Å². The summed E-state index contributed by atoms with van der Waals surface area (Å²) in [7, 11) is -0.138. The molecule has 1 aliphatic heterocycles. The molecule has 0 aliphatic carbocycles. The first-order valence-corrected chi connectivity index (χ1v) is 8.64. The van der Waals surface area contributed by atoms with Crippen LogP contribution in [-0.2, 0) is 16.6 Å². The summed E-state index contributed by atoms with van der Waals surface area (Å²) in [5.41, 5.74) is 2.30. The van der Waals surface area contributed by atoms with E-state index in [1.807, 2.05) is 24.4 Å². The summed E-state index contributed by atoms with van der Waals surface area (Å²) in [5.74, 6) is 0. The maximum atomic E-state index is 12.4. The summed E-state index contributed by atoms with van der Waals surface area (Å²) < 4.78 is 27.7. The Morgan fingerprint density at radius 2 is 2.10 bits per heavy atom. The summed E-state index contributed by atoms with van der Waals surface area (Å²) in [6, 6.07) is 8.20. The van der Waals surface area contributed by atoms with E-state index in [1.54, 1.807) is 18.4 Å². The topological polar surface area (TPSA) is 56.4 Å². The van der Waals surface area contributed by atoms with E-state index < -0.39 is 10.2 Å². The van der Waals surface area contributed by atoms with Crippen molar-refractivity contribution in [1.29, 1.82) is 0 Å². The lowest BCUT2D eigenvalue weighted by Crippen LogP contribution is -2.43. The number of aromatic amines is 1. The van der Waals surface area contributed by atoms with Gasteiger partial charge in [-0.1, -0.05) is 18.2 Å². The Bertz CT molecular complexity index is 736. The molecule has 0 bridgehead atoms. The average molecular weight is 307 g/mol. The van der Waals surface area contributed by atoms with Crippen molar-refractivity contribution in [3.05, 3.63) is 36.0 Å². The van der Waals surface area contributed by atoms with Crippen LogP contribution in [0.15, 0.2) is 30.5 Å². The van der Waals surface area contributed by atoms with E-state index in [2.05, 4.69) is 11.1 Å². The summed E-state index contributed by atoms with van der Waals surface area (Å²) in [4.78, 5) is 3.26. The van der Waals surface area contributed by atoms with Gasteiger partial charge in [0, 0.05) is 43.8 Å². The minimum absolute atomic E-state index is 0.0524. The third-order valence-electron chi connectivity index (χ3n) is 4.21. The minimum Gasteiger partial charge on any atom is -0.361 e. The Labute approximate surface area is 125 Å². The lowest BCUT2D eigenvalue weighted by atomic mass is 10.0. The Kier molecular flexibility index (Phi) is 3.77. The van der Waals surface area contributed by atoms with Crippen molar-refractivity contribution in [3.8, 4) is 0 Å². The fraction of sp³-hybridized carbons (Fsp3) is 0.467. The van der Waals surface area contributed by atoms with Gasteiger partial charge in [0.25, 0.3) is 10.2 Å². The molecule has 1 saturated heterocycles. The normalized spacial score (nSPS) is 20.6. The molecule has 0 radical (unpaired) electrons. The molecule has 1 aromatic heterocycles. The first-order chi connectivity index (χ1) is 10.00. The van der Waals surface area contributed by atoms with E-state index in [0.29, 0.717) is 6.54 Å². The van der Waals surface area contributed by atoms with Gasteiger partial charge in [0.1, 0.15) is 0 Å². The number of hydrogen-bond donors (Lipinski definition) is 1.